The van der Waals surface area contributed by atoms with E-state index in [4.69, 9.17) is 15.9 Å². The number of carboxylic acids is 2. The molecule has 0 aromatic heterocycles. The maximum Gasteiger partial charge on any atom is 0.325 e. The van der Waals surface area contributed by atoms with E-state index in [1.165, 1.54) is 18.7 Å². The minimum Gasteiger partial charge on any atom is -0.481 e. The van der Waals surface area contributed by atoms with Gasteiger partial charge in [0.05, 0.1) is 6.04 Å². The molecule has 0 saturated carbocycles. The number of hydrogen-bond acceptors (Lipinski definition) is 7. The second kappa shape index (κ2) is 14.9. The number of hydrogen-bond donors (Lipinski definition) is 6. The highest BCUT2D eigenvalue weighted by molar-refractivity contribution is 7.98. The number of carbonyl (C=O) groups is 5. The number of carboxylic acid groups (broad SMARTS) is 2. The van der Waals surface area contributed by atoms with E-state index in [2.05, 4.69) is 16.0 Å². The van der Waals surface area contributed by atoms with Crippen LogP contribution in [0.3, 0.4) is 0 Å². The molecule has 11 nitrogen and oxygen atoms in total. The zero-order valence-electron chi connectivity index (χ0n) is 19.2. The van der Waals surface area contributed by atoms with Gasteiger partial charge in [-0.15, -0.1) is 0 Å². The van der Waals surface area contributed by atoms with Gasteiger partial charge < -0.3 is 31.9 Å². The predicted octanol–water partition coefficient (Wildman–Crippen LogP) is -0.267. The maximum atomic E-state index is 12.9. The lowest BCUT2D eigenvalue weighted by Crippen LogP contribution is -2.57. The van der Waals surface area contributed by atoms with Crippen LogP contribution in [0.15, 0.2) is 30.3 Å². The van der Waals surface area contributed by atoms with Crippen LogP contribution in [0.1, 0.15) is 31.7 Å². The molecule has 0 aliphatic rings. The van der Waals surface area contributed by atoms with E-state index < -0.39 is 60.2 Å². The number of rotatable bonds is 15. The molecule has 1 rings (SSSR count). The van der Waals surface area contributed by atoms with Gasteiger partial charge >= 0.3 is 11.9 Å². The Morgan fingerprint density at radius 2 is 1.47 bits per heavy atom. The summed E-state index contributed by atoms with van der Waals surface area (Å²) < 4.78 is 0. The molecular weight excluding hydrogens is 464 g/mol. The lowest BCUT2D eigenvalue weighted by molar-refractivity contribution is -0.141. The van der Waals surface area contributed by atoms with Gasteiger partial charge in [-0.1, -0.05) is 30.3 Å². The number of nitrogens with one attached hydrogen (secondary N) is 3. The molecule has 0 aliphatic heterocycles. The molecule has 0 heterocycles. The summed E-state index contributed by atoms with van der Waals surface area (Å²) in [5.74, 6) is -3.99. The van der Waals surface area contributed by atoms with Crippen LogP contribution >= 0.6 is 11.8 Å². The molecule has 0 aliphatic carbocycles. The van der Waals surface area contributed by atoms with E-state index in [1.54, 1.807) is 30.5 Å². The molecular formula is C22H32N4O7S. The fourth-order valence-electron chi connectivity index (χ4n) is 2.93. The van der Waals surface area contributed by atoms with Crippen molar-refractivity contribution in [3.05, 3.63) is 35.9 Å². The molecule has 3 amide bonds. The van der Waals surface area contributed by atoms with Crippen LogP contribution in [-0.2, 0) is 30.4 Å². The van der Waals surface area contributed by atoms with Crippen molar-refractivity contribution in [3.8, 4) is 0 Å². The highest BCUT2D eigenvalue weighted by Crippen LogP contribution is 2.06. The van der Waals surface area contributed by atoms with Crippen molar-refractivity contribution in [1.82, 2.24) is 16.0 Å². The first-order valence-electron chi connectivity index (χ1n) is 10.7. The molecule has 12 heteroatoms. The van der Waals surface area contributed by atoms with Crippen molar-refractivity contribution in [1.29, 1.82) is 0 Å². The Balaban J connectivity index is 2.91. The number of nitrogens with two attached hydrogens (primary N) is 1. The Bertz CT molecular complexity index is 853. The van der Waals surface area contributed by atoms with Crippen molar-refractivity contribution < 1.29 is 34.2 Å². The molecule has 188 valence electrons. The third-order valence-corrected chi connectivity index (χ3v) is 5.53. The van der Waals surface area contributed by atoms with Gasteiger partial charge in [0.25, 0.3) is 0 Å². The minimum absolute atomic E-state index is 0.207. The van der Waals surface area contributed by atoms with Crippen LogP contribution in [-0.4, -0.2) is 76.0 Å². The third-order valence-electron chi connectivity index (χ3n) is 4.89. The van der Waals surface area contributed by atoms with Gasteiger partial charge in [-0.3, -0.25) is 24.0 Å². The van der Waals surface area contributed by atoms with Crippen molar-refractivity contribution in [2.45, 2.75) is 56.8 Å². The van der Waals surface area contributed by atoms with Crippen LogP contribution in [0.2, 0.25) is 0 Å². The Kier molecular flexibility index (Phi) is 12.7. The van der Waals surface area contributed by atoms with Gasteiger partial charge in [0.2, 0.25) is 17.7 Å². The topological polar surface area (TPSA) is 188 Å². The number of amides is 3. The Hall–Kier alpha value is -3.12. The molecule has 1 aromatic rings. The summed E-state index contributed by atoms with van der Waals surface area (Å²) >= 11 is 1.43. The number of thioether (sulfide) groups is 1. The van der Waals surface area contributed by atoms with E-state index in [9.17, 15) is 24.0 Å². The summed E-state index contributed by atoms with van der Waals surface area (Å²) in [5.41, 5.74) is 6.79. The number of carbonyl (C=O) groups excluding carboxylic acids is 3. The summed E-state index contributed by atoms with van der Waals surface area (Å²) in [6, 6.07) is 4.57. The average Bonchev–Trinajstić information content (AvgIpc) is 2.79. The normalized spacial score (nSPS) is 14.2. The van der Waals surface area contributed by atoms with Crippen LogP contribution < -0.4 is 21.7 Å². The molecule has 0 fully saturated rings. The Morgan fingerprint density at radius 3 is 2.03 bits per heavy atom. The van der Waals surface area contributed by atoms with Crippen molar-refractivity contribution in [2.24, 2.45) is 5.73 Å². The summed E-state index contributed by atoms with van der Waals surface area (Å²) in [6.45, 7) is 1.29. The Labute approximate surface area is 202 Å². The third kappa shape index (κ3) is 10.7. The summed E-state index contributed by atoms with van der Waals surface area (Å²) in [5, 5.41) is 25.3. The predicted molar refractivity (Wildman–Crippen MR) is 127 cm³/mol. The summed E-state index contributed by atoms with van der Waals surface area (Å²) in [4.78, 5) is 60.1. The first-order chi connectivity index (χ1) is 16.0. The van der Waals surface area contributed by atoms with Gasteiger partial charge in [-0.2, -0.15) is 11.8 Å². The molecule has 34 heavy (non-hydrogen) atoms. The number of aliphatic carboxylic acids is 2. The van der Waals surface area contributed by atoms with Crippen molar-refractivity contribution in [3.63, 3.8) is 0 Å². The van der Waals surface area contributed by atoms with Gasteiger partial charge in [-0.25, -0.2) is 0 Å². The van der Waals surface area contributed by atoms with Crippen LogP contribution in [0.25, 0.3) is 0 Å². The molecule has 0 saturated heterocycles. The van der Waals surface area contributed by atoms with Crippen molar-refractivity contribution >= 4 is 41.4 Å². The Morgan fingerprint density at radius 1 is 0.912 bits per heavy atom. The van der Waals surface area contributed by atoms with Gasteiger partial charge in [0.1, 0.15) is 18.1 Å². The largest absolute Gasteiger partial charge is 0.481 e. The van der Waals surface area contributed by atoms with E-state index in [1.807, 2.05) is 6.07 Å². The van der Waals surface area contributed by atoms with Crippen molar-refractivity contribution in [2.75, 3.05) is 12.0 Å². The standard InChI is InChI=1S/C22H32N4O7S/c1-13(22(32)33)24-20(30)17(10-11-34-2)26-21(31)16(8-9-18(27)28)25-19(29)15(23)12-14-6-4-3-5-7-14/h3-7,13,15-17H,8-12,23H2,1-2H3,(H,24,30)(H,25,29)(H,26,31)(H,27,28)(H,32,33). The molecule has 1 aromatic carbocycles. The first-order valence-corrected chi connectivity index (χ1v) is 12.1. The fourth-order valence-corrected chi connectivity index (χ4v) is 3.40. The molecule has 7 N–H and O–H groups in total. The minimum atomic E-state index is -1.24. The lowest BCUT2D eigenvalue weighted by Gasteiger charge is -2.24. The molecule has 4 unspecified atom stereocenters. The van der Waals surface area contributed by atoms with E-state index in [-0.39, 0.29) is 19.3 Å². The second-order valence-corrected chi connectivity index (χ2v) is 8.69. The SMILES string of the molecule is CSCCC(NC(=O)C(CCC(=O)O)NC(=O)C(N)Cc1ccccc1)C(=O)NC(C)C(=O)O. The van der Waals surface area contributed by atoms with Gasteiger partial charge in [0, 0.05) is 6.42 Å². The number of benzene rings is 1. The van der Waals surface area contributed by atoms with E-state index >= 15 is 0 Å². The molecule has 0 spiro atoms. The lowest BCUT2D eigenvalue weighted by atomic mass is 10.0. The quantitative estimate of drug-likeness (QED) is 0.190. The molecule has 4 atom stereocenters. The smallest absolute Gasteiger partial charge is 0.325 e. The first kappa shape index (κ1) is 28.9. The van der Waals surface area contributed by atoms with Gasteiger partial charge in [-0.05, 0) is 43.8 Å². The molecule has 0 bridgehead atoms. The highest BCUT2D eigenvalue weighted by atomic mass is 32.2. The van der Waals surface area contributed by atoms with Crippen LogP contribution in [0.5, 0.6) is 0 Å². The zero-order valence-corrected chi connectivity index (χ0v) is 20.0. The highest BCUT2D eigenvalue weighted by Gasteiger charge is 2.29. The summed E-state index contributed by atoms with van der Waals surface area (Å²) in [6.07, 6.45) is 1.61. The second-order valence-electron chi connectivity index (χ2n) is 7.70. The van der Waals surface area contributed by atoms with E-state index in [0.717, 1.165) is 5.56 Å². The van der Waals surface area contributed by atoms with E-state index in [0.29, 0.717) is 5.75 Å². The van der Waals surface area contributed by atoms with Gasteiger partial charge in [0.15, 0.2) is 0 Å². The van der Waals surface area contributed by atoms with Crippen LogP contribution in [0.4, 0.5) is 0 Å². The maximum absolute atomic E-state index is 12.9. The molecule has 0 radical (unpaired) electrons. The van der Waals surface area contributed by atoms with Crippen LogP contribution in [0, 0.1) is 0 Å². The average molecular weight is 497 g/mol. The zero-order chi connectivity index (χ0) is 25.7. The monoisotopic (exact) mass is 496 g/mol. The summed E-state index contributed by atoms with van der Waals surface area (Å²) in [7, 11) is 0. The fraction of sp³-hybridized carbons (Fsp3) is 0.500.